The van der Waals surface area contributed by atoms with Gasteiger partial charge in [-0.1, -0.05) is 19.8 Å². The SMILES string of the molecule is CCCCCOc1ccc(S(=O)(=O)NC(=O)CN)cc1. The first-order valence-electron chi connectivity index (χ1n) is 6.48. The van der Waals surface area contributed by atoms with E-state index in [9.17, 15) is 13.2 Å². The second-order valence-corrected chi connectivity index (χ2v) is 5.94. The third-order valence-electron chi connectivity index (χ3n) is 2.58. The first-order valence-corrected chi connectivity index (χ1v) is 7.96. The zero-order chi connectivity index (χ0) is 15.0. The van der Waals surface area contributed by atoms with Crippen molar-refractivity contribution < 1.29 is 17.9 Å². The molecule has 1 aromatic rings. The molecule has 0 radical (unpaired) electrons. The lowest BCUT2D eigenvalue weighted by atomic mass is 10.3. The number of carbonyl (C=O) groups excluding carboxylic acids is 1. The first-order chi connectivity index (χ1) is 9.49. The summed E-state index contributed by atoms with van der Waals surface area (Å²) in [7, 11) is -3.85. The number of amides is 1. The van der Waals surface area contributed by atoms with Gasteiger partial charge in [0, 0.05) is 0 Å². The first kappa shape index (κ1) is 16.5. The number of nitrogens with one attached hydrogen (secondary N) is 1. The summed E-state index contributed by atoms with van der Waals surface area (Å²) in [5.41, 5.74) is 5.06. The van der Waals surface area contributed by atoms with Gasteiger partial charge in [0.2, 0.25) is 5.91 Å². The van der Waals surface area contributed by atoms with Crippen LogP contribution in [0.3, 0.4) is 0 Å². The molecule has 6 nitrogen and oxygen atoms in total. The Hall–Kier alpha value is -1.60. The van der Waals surface area contributed by atoms with Gasteiger partial charge in [-0.25, -0.2) is 13.1 Å². The summed E-state index contributed by atoms with van der Waals surface area (Å²) in [5, 5.41) is 0. The molecule has 0 unspecified atom stereocenters. The molecule has 0 aromatic heterocycles. The molecule has 3 N–H and O–H groups in total. The van der Waals surface area contributed by atoms with Crippen LogP contribution in [0.4, 0.5) is 0 Å². The number of hydrogen-bond donors (Lipinski definition) is 2. The smallest absolute Gasteiger partial charge is 0.264 e. The van der Waals surface area contributed by atoms with Gasteiger partial charge in [-0.3, -0.25) is 4.79 Å². The molecule has 0 aliphatic heterocycles. The molecule has 20 heavy (non-hydrogen) atoms. The van der Waals surface area contributed by atoms with E-state index in [0.717, 1.165) is 19.3 Å². The number of carbonyl (C=O) groups is 1. The van der Waals surface area contributed by atoms with Crippen LogP contribution in [-0.2, 0) is 14.8 Å². The average molecular weight is 300 g/mol. The van der Waals surface area contributed by atoms with Gasteiger partial charge in [0.15, 0.2) is 0 Å². The van der Waals surface area contributed by atoms with Crippen LogP contribution in [0.1, 0.15) is 26.2 Å². The van der Waals surface area contributed by atoms with Crippen molar-refractivity contribution in [3.63, 3.8) is 0 Å². The normalized spacial score (nSPS) is 11.1. The van der Waals surface area contributed by atoms with Gasteiger partial charge >= 0.3 is 0 Å². The maximum absolute atomic E-state index is 11.8. The maximum Gasteiger partial charge on any atom is 0.264 e. The molecule has 1 rings (SSSR count). The lowest BCUT2D eigenvalue weighted by molar-refractivity contribution is -0.118. The Morgan fingerprint density at radius 2 is 1.90 bits per heavy atom. The molecule has 0 aliphatic rings. The fourth-order valence-electron chi connectivity index (χ4n) is 1.51. The molecule has 7 heteroatoms. The van der Waals surface area contributed by atoms with Gasteiger partial charge in [0.1, 0.15) is 5.75 Å². The van der Waals surface area contributed by atoms with Gasteiger partial charge in [0.25, 0.3) is 10.0 Å². The highest BCUT2D eigenvalue weighted by atomic mass is 32.2. The van der Waals surface area contributed by atoms with E-state index in [0.29, 0.717) is 12.4 Å². The third-order valence-corrected chi connectivity index (χ3v) is 3.97. The van der Waals surface area contributed by atoms with Crippen molar-refractivity contribution in [2.24, 2.45) is 5.73 Å². The fourth-order valence-corrected chi connectivity index (χ4v) is 2.50. The zero-order valence-corrected chi connectivity index (χ0v) is 12.3. The van der Waals surface area contributed by atoms with Crippen LogP contribution >= 0.6 is 0 Å². The quantitative estimate of drug-likeness (QED) is 0.698. The summed E-state index contributed by atoms with van der Waals surface area (Å²) in [6.07, 6.45) is 3.17. The number of rotatable bonds is 8. The van der Waals surface area contributed by atoms with Crippen molar-refractivity contribution in [3.8, 4) is 5.75 Å². The van der Waals surface area contributed by atoms with Crippen LogP contribution in [-0.4, -0.2) is 27.5 Å². The highest BCUT2D eigenvalue weighted by Gasteiger charge is 2.16. The molecular weight excluding hydrogens is 280 g/mol. The van der Waals surface area contributed by atoms with Crippen LogP contribution < -0.4 is 15.2 Å². The fraction of sp³-hybridized carbons (Fsp3) is 0.462. The second kappa shape index (κ2) is 7.86. The summed E-state index contributed by atoms with van der Waals surface area (Å²) in [5.74, 6) is -0.143. The Morgan fingerprint density at radius 1 is 1.25 bits per heavy atom. The minimum absolute atomic E-state index is 0.000193. The van der Waals surface area contributed by atoms with Crippen LogP contribution in [0.2, 0.25) is 0 Å². The number of ether oxygens (including phenoxy) is 1. The van der Waals surface area contributed by atoms with Gasteiger partial charge in [0.05, 0.1) is 18.0 Å². The second-order valence-electron chi connectivity index (χ2n) is 4.26. The Bertz CT molecular complexity index is 526. The molecule has 0 atom stereocenters. The molecule has 112 valence electrons. The van der Waals surface area contributed by atoms with Crippen LogP contribution in [0.25, 0.3) is 0 Å². The zero-order valence-electron chi connectivity index (χ0n) is 11.5. The average Bonchev–Trinajstić information content (AvgIpc) is 2.43. The van der Waals surface area contributed by atoms with E-state index in [1.54, 1.807) is 12.1 Å². The molecular formula is C13H20N2O4S. The number of nitrogens with two attached hydrogens (primary N) is 1. The summed E-state index contributed by atoms with van der Waals surface area (Å²) < 4.78 is 30.9. The van der Waals surface area contributed by atoms with Crippen molar-refractivity contribution in [3.05, 3.63) is 24.3 Å². The molecule has 1 amide bonds. The lowest BCUT2D eigenvalue weighted by Gasteiger charge is -2.08. The minimum Gasteiger partial charge on any atom is -0.494 e. The molecule has 0 aliphatic carbocycles. The van der Waals surface area contributed by atoms with Gasteiger partial charge in [-0.2, -0.15) is 0 Å². The largest absolute Gasteiger partial charge is 0.494 e. The highest BCUT2D eigenvalue weighted by molar-refractivity contribution is 7.90. The summed E-state index contributed by atoms with van der Waals surface area (Å²) in [6.45, 7) is 2.33. The minimum atomic E-state index is -3.85. The molecule has 0 fully saturated rings. The van der Waals surface area contributed by atoms with Crippen molar-refractivity contribution in [2.75, 3.05) is 13.2 Å². The van der Waals surface area contributed by atoms with Crippen LogP contribution in [0.15, 0.2) is 29.2 Å². The highest BCUT2D eigenvalue weighted by Crippen LogP contribution is 2.16. The number of benzene rings is 1. The number of hydrogen-bond acceptors (Lipinski definition) is 5. The van der Waals surface area contributed by atoms with E-state index < -0.39 is 15.9 Å². The molecule has 0 heterocycles. The molecule has 0 bridgehead atoms. The Balaban J connectivity index is 2.63. The molecule has 0 saturated heterocycles. The Kier molecular flexibility index (Phi) is 6.47. The maximum atomic E-state index is 11.8. The van der Waals surface area contributed by atoms with E-state index in [-0.39, 0.29) is 11.4 Å². The molecule has 0 spiro atoms. The standard InChI is InChI=1S/C13H20N2O4S/c1-2-3-4-9-19-11-5-7-12(8-6-11)20(17,18)15-13(16)10-14/h5-8H,2-4,9-10,14H2,1H3,(H,15,16). The van der Waals surface area contributed by atoms with Gasteiger partial charge in [-0.15, -0.1) is 0 Å². The van der Waals surface area contributed by atoms with E-state index in [4.69, 9.17) is 10.5 Å². The van der Waals surface area contributed by atoms with Crippen molar-refractivity contribution in [2.45, 2.75) is 31.1 Å². The van der Waals surface area contributed by atoms with Gasteiger partial charge in [-0.05, 0) is 30.7 Å². The topological polar surface area (TPSA) is 98.5 Å². The van der Waals surface area contributed by atoms with Crippen LogP contribution in [0.5, 0.6) is 5.75 Å². The van der Waals surface area contributed by atoms with Crippen molar-refractivity contribution in [1.82, 2.24) is 4.72 Å². The monoisotopic (exact) mass is 300 g/mol. The van der Waals surface area contributed by atoms with Crippen molar-refractivity contribution in [1.29, 1.82) is 0 Å². The van der Waals surface area contributed by atoms with Crippen LogP contribution in [0, 0.1) is 0 Å². The van der Waals surface area contributed by atoms with E-state index in [1.165, 1.54) is 12.1 Å². The van der Waals surface area contributed by atoms with Gasteiger partial charge < -0.3 is 10.5 Å². The Morgan fingerprint density at radius 3 is 2.45 bits per heavy atom. The summed E-state index contributed by atoms with van der Waals surface area (Å²) >= 11 is 0. The number of sulfonamides is 1. The van der Waals surface area contributed by atoms with E-state index in [2.05, 4.69) is 6.92 Å². The summed E-state index contributed by atoms with van der Waals surface area (Å²) in [4.78, 5) is 11.0. The summed E-state index contributed by atoms with van der Waals surface area (Å²) in [6, 6.07) is 5.91. The van der Waals surface area contributed by atoms with E-state index in [1.807, 2.05) is 4.72 Å². The third kappa shape index (κ3) is 5.18. The lowest BCUT2D eigenvalue weighted by Crippen LogP contribution is -2.35. The van der Waals surface area contributed by atoms with E-state index >= 15 is 0 Å². The van der Waals surface area contributed by atoms with Crippen molar-refractivity contribution >= 4 is 15.9 Å². The molecule has 1 aromatic carbocycles. The molecule has 0 saturated carbocycles. The predicted octanol–water partition coefficient (Wildman–Crippen LogP) is 1.02. The Labute approximate surface area is 119 Å². The number of unbranched alkanes of at least 4 members (excludes halogenated alkanes) is 2. The predicted molar refractivity (Wildman–Crippen MR) is 75.8 cm³/mol.